The van der Waals surface area contributed by atoms with Crippen molar-refractivity contribution >= 4 is 29.9 Å². The van der Waals surface area contributed by atoms with E-state index in [-0.39, 0.29) is 29.5 Å². The van der Waals surface area contributed by atoms with Crippen LogP contribution in [0.15, 0.2) is 4.99 Å². The molecule has 0 unspecified atom stereocenters. The highest BCUT2D eigenvalue weighted by Crippen LogP contribution is 2.19. The Kier molecular flexibility index (Phi) is 10.8. The molecular formula is C20H39IN6O. The maximum Gasteiger partial charge on any atom is 0.191 e. The molecule has 1 aromatic heterocycles. The highest BCUT2D eigenvalue weighted by Gasteiger charge is 2.27. The van der Waals surface area contributed by atoms with Gasteiger partial charge in [-0.1, -0.05) is 6.42 Å². The van der Waals surface area contributed by atoms with Crippen LogP contribution in [0, 0.1) is 13.8 Å². The van der Waals surface area contributed by atoms with Gasteiger partial charge in [-0.15, -0.1) is 24.0 Å². The lowest BCUT2D eigenvalue weighted by atomic mass is 9.98. The minimum Gasteiger partial charge on any atom is -0.383 e. The molecule has 0 saturated carbocycles. The smallest absolute Gasteiger partial charge is 0.191 e. The lowest BCUT2D eigenvalue weighted by Gasteiger charge is -2.41. The highest BCUT2D eigenvalue weighted by atomic mass is 127. The molecule has 0 amide bonds. The third kappa shape index (κ3) is 6.88. The van der Waals surface area contributed by atoms with Gasteiger partial charge in [0, 0.05) is 44.0 Å². The fraction of sp³-hybridized carbons (Fsp3) is 0.800. The minimum absolute atomic E-state index is 0. The maximum absolute atomic E-state index is 5.17. The minimum atomic E-state index is 0. The average Bonchev–Trinajstić information content (AvgIpc) is 2.94. The van der Waals surface area contributed by atoms with Gasteiger partial charge in [0.25, 0.3) is 0 Å². The number of methoxy groups -OCH3 is 1. The molecule has 1 aliphatic heterocycles. The molecule has 0 radical (unpaired) electrons. The van der Waals surface area contributed by atoms with Gasteiger partial charge in [0.2, 0.25) is 0 Å². The summed E-state index contributed by atoms with van der Waals surface area (Å²) in [5.74, 6) is 0.837. The number of rotatable bonds is 8. The summed E-state index contributed by atoms with van der Waals surface area (Å²) >= 11 is 0. The van der Waals surface area contributed by atoms with E-state index in [9.17, 15) is 0 Å². The molecule has 1 fully saturated rings. The van der Waals surface area contributed by atoms with E-state index in [2.05, 4.69) is 53.3 Å². The summed E-state index contributed by atoms with van der Waals surface area (Å²) in [5.41, 5.74) is 3.58. The number of hydrogen-bond acceptors (Lipinski definition) is 4. The highest BCUT2D eigenvalue weighted by molar-refractivity contribution is 14.0. The first-order valence-electron chi connectivity index (χ1n) is 10.1. The van der Waals surface area contributed by atoms with Crippen LogP contribution in [0.25, 0.3) is 0 Å². The van der Waals surface area contributed by atoms with Crippen molar-refractivity contribution in [2.75, 3.05) is 40.4 Å². The first-order valence-corrected chi connectivity index (χ1v) is 10.1. The second-order valence-corrected chi connectivity index (χ2v) is 8.00. The lowest BCUT2D eigenvalue weighted by Crippen LogP contribution is -2.54. The fourth-order valence-corrected chi connectivity index (χ4v) is 3.69. The second kappa shape index (κ2) is 12.0. The number of aliphatic imine (C=N–C) groups is 1. The van der Waals surface area contributed by atoms with Crippen LogP contribution in [0.5, 0.6) is 0 Å². The van der Waals surface area contributed by atoms with Gasteiger partial charge in [-0.05, 0) is 53.6 Å². The number of aryl methyl sites for hydroxylation is 1. The molecule has 2 heterocycles. The first-order chi connectivity index (χ1) is 12.9. The summed E-state index contributed by atoms with van der Waals surface area (Å²) in [6.07, 6.45) is 3.98. The molecule has 2 rings (SSSR count). The quantitative estimate of drug-likeness (QED) is 0.323. The van der Waals surface area contributed by atoms with Crippen molar-refractivity contribution in [3.8, 4) is 0 Å². The van der Waals surface area contributed by atoms with Gasteiger partial charge < -0.3 is 15.4 Å². The summed E-state index contributed by atoms with van der Waals surface area (Å²) in [4.78, 5) is 6.98. The number of nitrogens with one attached hydrogen (secondary N) is 2. The second-order valence-electron chi connectivity index (χ2n) is 8.00. The lowest BCUT2D eigenvalue weighted by molar-refractivity contribution is 0.0982. The van der Waals surface area contributed by atoms with Crippen molar-refractivity contribution in [1.29, 1.82) is 0 Å². The van der Waals surface area contributed by atoms with Gasteiger partial charge in [0.05, 0.1) is 18.8 Å². The van der Waals surface area contributed by atoms with E-state index in [1.807, 2.05) is 11.7 Å². The Morgan fingerprint density at radius 1 is 1.18 bits per heavy atom. The van der Waals surface area contributed by atoms with Gasteiger partial charge in [-0.25, -0.2) is 0 Å². The molecule has 162 valence electrons. The number of hydrogen-bond donors (Lipinski definition) is 2. The summed E-state index contributed by atoms with van der Waals surface area (Å²) in [6, 6.07) is 0. The molecule has 28 heavy (non-hydrogen) atoms. The predicted octanol–water partition coefficient (Wildman–Crippen LogP) is 2.69. The van der Waals surface area contributed by atoms with Crippen LogP contribution in [0.2, 0.25) is 0 Å². The largest absolute Gasteiger partial charge is 0.383 e. The predicted molar refractivity (Wildman–Crippen MR) is 127 cm³/mol. The summed E-state index contributed by atoms with van der Waals surface area (Å²) < 4.78 is 7.19. The van der Waals surface area contributed by atoms with Crippen molar-refractivity contribution in [2.45, 2.75) is 65.6 Å². The van der Waals surface area contributed by atoms with Gasteiger partial charge in [0.15, 0.2) is 5.96 Å². The molecule has 0 bridgehead atoms. The van der Waals surface area contributed by atoms with Crippen LogP contribution in [0.4, 0.5) is 0 Å². The van der Waals surface area contributed by atoms with Gasteiger partial charge in [-0.3, -0.25) is 14.6 Å². The molecule has 8 heteroatoms. The molecule has 7 nitrogen and oxygen atoms in total. The summed E-state index contributed by atoms with van der Waals surface area (Å²) in [5, 5.41) is 11.6. The third-order valence-corrected chi connectivity index (χ3v) is 5.60. The zero-order chi connectivity index (χ0) is 19.9. The van der Waals surface area contributed by atoms with Crippen LogP contribution in [-0.4, -0.2) is 66.6 Å². The number of ether oxygens (including phenoxy) is 1. The Hall–Kier alpha value is -0.870. The number of likely N-dealkylation sites (tertiary alicyclic amines) is 1. The molecular weight excluding hydrogens is 467 g/mol. The van der Waals surface area contributed by atoms with Crippen molar-refractivity contribution in [1.82, 2.24) is 25.3 Å². The zero-order valence-corrected chi connectivity index (χ0v) is 20.8. The molecule has 1 aliphatic rings. The van der Waals surface area contributed by atoms with Crippen LogP contribution >= 0.6 is 24.0 Å². The van der Waals surface area contributed by atoms with E-state index in [1.165, 1.54) is 43.6 Å². The average molecular weight is 506 g/mol. The van der Waals surface area contributed by atoms with Gasteiger partial charge in [0.1, 0.15) is 0 Å². The topological polar surface area (TPSA) is 66.7 Å². The molecule has 0 atom stereocenters. The molecule has 1 saturated heterocycles. The number of piperidine rings is 1. The van der Waals surface area contributed by atoms with E-state index in [0.29, 0.717) is 13.2 Å². The zero-order valence-electron chi connectivity index (χ0n) is 18.5. The first kappa shape index (κ1) is 25.2. The number of halogens is 1. The van der Waals surface area contributed by atoms with Gasteiger partial charge >= 0.3 is 0 Å². The Morgan fingerprint density at radius 2 is 1.86 bits per heavy atom. The molecule has 1 aromatic rings. The van der Waals surface area contributed by atoms with Crippen molar-refractivity contribution in [3.63, 3.8) is 0 Å². The summed E-state index contributed by atoms with van der Waals surface area (Å²) in [7, 11) is 3.54. The van der Waals surface area contributed by atoms with E-state index in [0.717, 1.165) is 24.7 Å². The van der Waals surface area contributed by atoms with E-state index in [1.54, 1.807) is 7.11 Å². The number of aromatic nitrogens is 2. The third-order valence-electron chi connectivity index (χ3n) is 5.60. The van der Waals surface area contributed by atoms with E-state index < -0.39 is 0 Å². The van der Waals surface area contributed by atoms with E-state index >= 15 is 0 Å². The van der Waals surface area contributed by atoms with Crippen LogP contribution in [0.1, 0.15) is 50.1 Å². The Bertz CT molecular complexity index is 622. The van der Waals surface area contributed by atoms with Crippen molar-refractivity contribution < 1.29 is 4.74 Å². The Balaban J connectivity index is 0.00000392. The molecule has 0 spiro atoms. The summed E-state index contributed by atoms with van der Waals surface area (Å²) in [6.45, 7) is 14.2. The maximum atomic E-state index is 5.17. The normalized spacial score (nSPS) is 16.0. The Morgan fingerprint density at radius 3 is 2.46 bits per heavy atom. The monoisotopic (exact) mass is 506 g/mol. The van der Waals surface area contributed by atoms with E-state index in [4.69, 9.17) is 4.74 Å². The Labute approximate surface area is 187 Å². The van der Waals surface area contributed by atoms with Crippen molar-refractivity contribution in [2.24, 2.45) is 4.99 Å². The standard InChI is InChI=1S/C20H38N6O.HI/c1-16-18(17(2)26(24-16)12-13-27-6)14-22-19(21-5)23-15-20(3,4)25-10-8-7-9-11-25;/h7-15H2,1-6H3,(H2,21,22,23);1H. The van der Waals surface area contributed by atoms with Crippen LogP contribution < -0.4 is 10.6 Å². The SMILES string of the molecule is CN=C(NCc1c(C)nn(CCOC)c1C)NCC(C)(C)N1CCCCC1.I. The fourth-order valence-electron chi connectivity index (χ4n) is 3.69. The molecule has 2 N–H and O–H groups in total. The number of nitrogens with zero attached hydrogens (tertiary/aromatic N) is 4. The van der Waals surface area contributed by atoms with Crippen molar-refractivity contribution in [3.05, 3.63) is 17.0 Å². The number of guanidine groups is 1. The molecule has 0 aromatic carbocycles. The molecule has 0 aliphatic carbocycles. The van der Waals surface area contributed by atoms with Crippen LogP contribution in [0.3, 0.4) is 0 Å². The van der Waals surface area contributed by atoms with Crippen LogP contribution in [-0.2, 0) is 17.8 Å². The van der Waals surface area contributed by atoms with Gasteiger partial charge in [-0.2, -0.15) is 5.10 Å².